The number of benzene rings is 2. The number of nitrogens with one attached hydrogen (secondary N) is 2. The van der Waals surface area contributed by atoms with Gasteiger partial charge in [0.25, 0.3) is 5.91 Å². The molecular formula is C23H20N4O2S. The Bertz CT molecular complexity index is 1130. The first kappa shape index (κ1) is 19.6. The lowest BCUT2D eigenvalue weighted by Crippen LogP contribution is -2.12. The molecule has 7 heteroatoms. The van der Waals surface area contributed by atoms with E-state index in [1.807, 2.05) is 54.8 Å². The van der Waals surface area contributed by atoms with Crippen molar-refractivity contribution >= 4 is 33.8 Å². The molecule has 0 atom stereocenters. The van der Waals surface area contributed by atoms with Gasteiger partial charge in [-0.15, -0.1) is 11.3 Å². The molecule has 1 amide bonds. The fourth-order valence-electron chi connectivity index (χ4n) is 2.84. The Balaban J connectivity index is 1.39. The topological polar surface area (TPSA) is 76.1 Å². The number of amides is 1. The second-order valence-electron chi connectivity index (χ2n) is 6.39. The van der Waals surface area contributed by atoms with Crippen LogP contribution in [-0.2, 0) is 0 Å². The van der Waals surface area contributed by atoms with Crippen molar-refractivity contribution in [2.45, 2.75) is 6.92 Å². The lowest BCUT2D eigenvalue weighted by atomic mass is 10.2. The molecule has 0 aliphatic rings. The van der Waals surface area contributed by atoms with Crippen molar-refractivity contribution in [3.05, 3.63) is 84.0 Å². The minimum Gasteiger partial charge on any atom is -0.494 e. The normalized spacial score (nSPS) is 10.4. The fourth-order valence-corrected chi connectivity index (χ4v) is 3.58. The average Bonchev–Trinajstić information content (AvgIpc) is 3.25. The van der Waals surface area contributed by atoms with Crippen LogP contribution in [-0.4, -0.2) is 22.5 Å². The minimum absolute atomic E-state index is 0.181. The van der Waals surface area contributed by atoms with Crippen molar-refractivity contribution in [2.75, 3.05) is 17.2 Å². The number of carbonyl (C=O) groups is 1. The van der Waals surface area contributed by atoms with Crippen LogP contribution in [0.1, 0.15) is 17.3 Å². The van der Waals surface area contributed by atoms with Gasteiger partial charge in [-0.05, 0) is 61.5 Å². The highest BCUT2D eigenvalue weighted by Crippen LogP contribution is 2.27. The third-order valence-electron chi connectivity index (χ3n) is 4.28. The van der Waals surface area contributed by atoms with Gasteiger partial charge in [-0.25, -0.2) is 4.98 Å². The van der Waals surface area contributed by atoms with Gasteiger partial charge in [-0.3, -0.25) is 9.78 Å². The van der Waals surface area contributed by atoms with Gasteiger partial charge in [0.05, 0.1) is 12.3 Å². The Labute approximate surface area is 178 Å². The van der Waals surface area contributed by atoms with E-state index < -0.39 is 0 Å². The zero-order chi connectivity index (χ0) is 20.8. The number of aromatic nitrogens is 2. The van der Waals surface area contributed by atoms with Crippen LogP contribution in [0.25, 0.3) is 11.3 Å². The summed E-state index contributed by atoms with van der Waals surface area (Å²) in [6.07, 6.45) is 3.50. The molecule has 0 bridgehead atoms. The molecule has 0 aliphatic heterocycles. The smallest absolute Gasteiger partial charge is 0.255 e. The summed E-state index contributed by atoms with van der Waals surface area (Å²) in [5.41, 5.74) is 4.09. The summed E-state index contributed by atoms with van der Waals surface area (Å²) < 4.78 is 5.45. The average molecular weight is 417 g/mol. The molecule has 0 saturated carbocycles. The van der Waals surface area contributed by atoms with E-state index in [-0.39, 0.29) is 5.91 Å². The predicted molar refractivity (Wildman–Crippen MR) is 121 cm³/mol. The molecular weight excluding hydrogens is 396 g/mol. The molecule has 6 nitrogen and oxygen atoms in total. The number of hydrogen-bond donors (Lipinski definition) is 2. The van der Waals surface area contributed by atoms with Crippen LogP contribution in [0.5, 0.6) is 5.75 Å². The molecule has 0 radical (unpaired) electrons. The molecule has 2 N–H and O–H groups in total. The number of rotatable bonds is 7. The molecule has 0 aliphatic carbocycles. The number of carbonyl (C=O) groups excluding carboxylic acids is 1. The van der Waals surface area contributed by atoms with Crippen molar-refractivity contribution < 1.29 is 9.53 Å². The monoisotopic (exact) mass is 416 g/mol. The molecule has 4 rings (SSSR count). The quantitative estimate of drug-likeness (QED) is 0.410. The van der Waals surface area contributed by atoms with E-state index in [4.69, 9.17) is 4.74 Å². The SMILES string of the molecule is CCOc1cccc(C(=O)Nc2ccc(Nc3nc(-c4ccncc4)cs3)cc2)c1. The summed E-state index contributed by atoms with van der Waals surface area (Å²) >= 11 is 1.53. The maximum Gasteiger partial charge on any atom is 0.255 e. The van der Waals surface area contributed by atoms with E-state index in [1.54, 1.807) is 30.6 Å². The van der Waals surface area contributed by atoms with Gasteiger partial charge in [0.1, 0.15) is 5.75 Å². The number of ether oxygens (including phenoxy) is 1. The molecule has 0 spiro atoms. The predicted octanol–water partition coefficient (Wildman–Crippen LogP) is 5.60. The molecule has 0 saturated heterocycles. The van der Waals surface area contributed by atoms with E-state index in [0.29, 0.717) is 23.6 Å². The minimum atomic E-state index is -0.181. The van der Waals surface area contributed by atoms with Crippen LogP contribution < -0.4 is 15.4 Å². The Morgan fingerprint density at radius 3 is 2.57 bits per heavy atom. The number of pyridine rings is 1. The molecule has 150 valence electrons. The molecule has 0 fully saturated rings. The molecule has 2 heterocycles. The number of thiazole rings is 1. The van der Waals surface area contributed by atoms with Gasteiger partial charge in [-0.1, -0.05) is 6.07 Å². The van der Waals surface area contributed by atoms with Gasteiger partial charge in [-0.2, -0.15) is 0 Å². The maximum absolute atomic E-state index is 12.5. The van der Waals surface area contributed by atoms with Crippen LogP contribution in [0.4, 0.5) is 16.5 Å². The van der Waals surface area contributed by atoms with Crippen LogP contribution in [0.2, 0.25) is 0 Å². The fraction of sp³-hybridized carbons (Fsp3) is 0.0870. The number of nitrogens with zero attached hydrogens (tertiary/aromatic N) is 2. The van der Waals surface area contributed by atoms with Gasteiger partial charge < -0.3 is 15.4 Å². The van der Waals surface area contributed by atoms with Gasteiger partial charge in [0.2, 0.25) is 0 Å². The second-order valence-corrected chi connectivity index (χ2v) is 7.25. The first-order valence-corrected chi connectivity index (χ1v) is 10.4. The Hall–Kier alpha value is -3.71. The molecule has 30 heavy (non-hydrogen) atoms. The van der Waals surface area contributed by atoms with Crippen molar-refractivity contribution in [3.63, 3.8) is 0 Å². The van der Waals surface area contributed by atoms with E-state index in [9.17, 15) is 4.79 Å². The Morgan fingerprint density at radius 1 is 1.03 bits per heavy atom. The first-order chi connectivity index (χ1) is 14.7. The van der Waals surface area contributed by atoms with Crippen LogP contribution in [0.15, 0.2) is 78.4 Å². The van der Waals surface area contributed by atoms with Crippen LogP contribution >= 0.6 is 11.3 Å². The third-order valence-corrected chi connectivity index (χ3v) is 5.04. The molecule has 4 aromatic rings. The standard InChI is InChI=1S/C23H20N4O2S/c1-2-29-20-5-3-4-17(14-20)22(28)25-18-6-8-19(9-7-18)26-23-27-21(15-30-23)16-10-12-24-13-11-16/h3-15H,2H2,1H3,(H,25,28)(H,26,27). The number of hydrogen-bond acceptors (Lipinski definition) is 6. The van der Waals surface area contributed by atoms with E-state index >= 15 is 0 Å². The largest absolute Gasteiger partial charge is 0.494 e. The summed E-state index contributed by atoms with van der Waals surface area (Å²) in [5, 5.41) is 8.99. The highest BCUT2D eigenvalue weighted by molar-refractivity contribution is 7.14. The van der Waals surface area contributed by atoms with Crippen molar-refractivity contribution in [1.29, 1.82) is 0 Å². The summed E-state index contributed by atoms with van der Waals surface area (Å²) in [7, 11) is 0. The molecule has 0 unspecified atom stereocenters. The van der Waals surface area contributed by atoms with Crippen LogP contribution in [0.3, 0.4) is 0 Å². The van der Waals surface area contributed by atoms with Crippen molar-refractivity contribution in [2.24, 2.45) is 0 Å². The Morgan fingerprint density at radius 2 is 1.80 bits per heavy atom. The van der Waals surface area contributed by atoms with Crippen molar-refractivity contribution in [1.82, 2.24) is 9.97 Å². The summed E-state index contributed by atoms with van der Waals surface area (Å²) in [6.45, 7) is 2.47. The zero-order valence-corrected chi connectivity index (χ0v) is 17.1. The lowest BCUT2D eigenvalue weighted by molar-refractivity contribution is 0.102. The highest BCUT2D eigenvalue weighted by atomic mass is 32.1. The van der Waals surface area contributed by atoms with E-state index in [2.05, 4.69) is 20.6 Å². The maximum atomic E-state index is 12.5. The second kappa shape index (κ2) is 9.19. The summed E-state index contributed by atoms with van der Waals surface area (Å²) in [4.78, 5) is 21.1. The first-order valence-electron chi connectivity index (χ1n) is 9.48. The van der Waals surface area contributed by atoms with E-state index in [1.165, 1.54) is 11.3 Å². The van der Waals surface area contributed by atoms with Crippen LogP contribution in [0, 0.1) is 0 Å². The summed E-state index contributed by atoms with van der Waals surface area (Å²) in [6, 6.07) is 18.5. The zero-order valence-electron chi connectivity index (χ0n) is 16.3. The van der Waals surface area contributed by atoms with Gasteiger partial charge in [0, 0.05) is 40.3 Å². The number of anilines is 3. The van der Waals surface area contributed by atoms with E-state index in [0.717, 1.165) is 22.1 Å². The van der Waals surface area contributed by atoms with Gasteiger partial charge >= 0.3 is 0 Å². The highest BCUT2D eigenvalue weighted by Gasteiger charge is 2.08. The van der Waals surface area contributed by atoms with Gasteiger partial charge in [0.15, 0.2) is 5.13 Å². The summed E-state index contributed by atoms with van der Waals surface area (Å²) in [5.74, 6) is 0.499. The molecule has 2 aromatic heterocycles. The lowest BCUT2D eigenvalue weighted by Gasteiger charge is -2.09. The Kier molecular flexibility index (Phi) is 6.01. The van der Waals surface area contributed by atoms with Crippen molar-refractivity contribution in [3.8, 4) is 17.0 Å². The third kappa shape index (κ3) is 4.82. The molecule has 2 aromatic carbocycles.